The zero-order valence-corrected chi connectivity index (χ0v) is 10.4. The van der Waals surface area contributed by atoms with Gasteiger partial charge < -0.3 is 15.8 Å². The Kier molecular flexibility index (Phi) is 4.15. The van der Waals surface area contributed by atoms with E-state index in [1.165, 1.54) is 0 Å². The summed E-state index contributed by atoms with van der Waals surface area (Å²) >= 11 is 0. The molecule has 0 spiro atoms. The number of nitrogen functional groups attached to an aromatic ring is 1. The van der Waals surface area contributed by atoms with Crippen LogP contribution in [0.1, 0.15) is 0 Å². The molecule has 0 saturated carbocycles. The van der Waals surface area contributed by atoms with Gasteiger partial charge in [-0.05, 0) is 29.8 Å². The number of hydrogen-bond donors (Lipinski definition) is 2. The predicted octanol–water partition coefficient (Wildman–Crippen LogP) is 2.39. The average Bonchev–Trinajstić information content (AvgIpc) is 2.41. The van der Waals surface area contributed by atoms with Gasteiger partial charge in [0.1, 0.15) is 5.82 Å². The molecule has 0 aliphatic heterocycles. The molecule has 0 aliphatic rings. The quantitative estimate of drug-likeness (QED) is 0.625. The molecule has 0 aliphatic carbocycles. The number of benzene rings is 1. The summed E-state index contributed by atoms with van der Waals surface area (Å²) in [5.74, 6) is 0.853. The third-order valence-electron chi connectivity index (χ3n) is 2.62. The van der Waals surface area contributed by atoms with E-state index in [0.717, 1.165) is 29.2 Å². The molecule has 1 aromatic carbocycles. The highest BCUT2D eigenvalue weighted by molar-refractivity contribution is 5.65. The first-order valence-electron chi connectivity index (χ1n) is 5.84. The third kappa shape index (κ3) is 3.21. The van der Waals surface area contributed by atoms with Gasteiger partial charge in [0, 0.05) is 31.1 Å². The SMILES string of the molecule is COCCNc1ccc(-c2ccc(N)cc2)cn1. The summed E-state index contributed by atoms with van der Waals surface area (Å²) in [5, 5.41) is 3.18. The molecule has 0 radical (unpaired) electrons. The van der Waals surface area contributed by atoms with E-state index in [0.29, 0.717) is 6.61 Å². The van der Waals surface area contributed by atoms with Gasteiger partial charge in [-0.15, -0.1) is 0 Å². The molecular formula is C14H17N3O. The molecule has 94 valence electrons. The van der Waals surface area contributed by atoms with Crippen molar-refractivity contribution < 1.29 is 4.74 Å². The molecule has 18 heavy (non-hydrogen) atoms. The summed E-state index contributed by atoms with van der Waals surface area (Å²) < 4.78 is 4.97. The van der Waals surface area contributed by atoms with E-state index in [2.05, 4.69) is 10.3 Å². The number of ether oxygens (including phenoxy) is 1. The summed E-state index contributed by atoms with van der Waals surface area (Å²) in [7, 11) is 1.68. The summed E-state index contributed by atoms with van der Waals surface area (Å²) in [6, 6.07) is 11.8. The van der Waals surface area contributed by atoms with Gasteiger partial charge in [0.15, 0.2) is 0 Å². The minimum Gasteiger partial charge on any atom is -0.399 e. The first-order valence-corrected chi connectivity index (χ1v) is 5.84. The fourth-order valence-electron chi connectivity index (χ4n) is 1.63. The van der Waals surface area contributed by atoms with E-state index in [1.807, 2.05) is 42.6 Å². The number of nitrogens with two attached hydrogens (primary N) is 1. The molecule has 1 heterocycles. The molecule has 2 rings (SSSR count). The van der Waals surface area contributed by atoms with E-state index in [9.17, 15) is 0 Å². The Bertz CT molecular complexity index is 479. The Hall–Kier alpha value is -2.07. The van der Waals surface area contributed by atoms with E-state index >= 15 is 0 Å². The molecular weight excluding hydrogens is 226 g/mol. The lowest BCUT2D eigenvalue weighted by Gasteiger charge is -2.06. The van der Waals surface area contributed by atoms with Crippen molar-refractivity contribution in [2.45, 2.75) is 0 Å². The van der Waals surface area contributed by atoms with Crippen LogP contribution in [-0.4, -0.2) is 25.2 Å². The first-order chi connectivity index (χ1) is 8.79. The van der Waals surface area contributed by atoms with Crippen LogP contribution < -0.4 is 11.1 Å². The maximum Gasteiger partial charge on any atom is 0.125 e. The van der Waals surface area contributed by atoms with Gasteiger partial charge in [-0.2, -0.15) is 0 Å². The van der Waals surface area contributed by atoms with Crippen LogP contribution in [-0.2, 0) is 4.74 Å². The number of pyridine rings is 1. The third-order valence-corrected chi connectivity index (χ3v) is 2.62. The highest BCUT2D eigenvalue weighted by Crippen LogP contribution is 2.20. The number of aromatic nitrogens is 1. The molecule has 0 atom stereocenters. The number of rotatable bonds is 5. The normalized spacial score (nSPS) is 10.3. The maximum atomic E-state index is 5.66. The standard InChI is InChI=1S/C14H17N3O/c1-18-9-8-16-14-7-4-12(10-17-14)11-2-5-13(15)6-3-11/h2-7,10H,8-9,15H2,1H3,(H,16,17). The second kappa shape index (κ2) is 6.02. The van der Waals surface area contributed by atoms with Crippen molar-refractivity contribution in [3.05, 3.63) is 42.6 Å². The minimum absolute atomic E-state index is 0.668. The number of nitrogens with one attached hydrogen (secondary N) is 1. The number of nitrogens with zero attached hydrogens (tertiary/aromatic N) is 1. The van der Waals surface area contributed by atoms with Crippen molar-refractivity contribution in [1.82, 2.24) is 4.98 Å². The molecule has 3 N–H and O–H groups in total. The zero-order valence-electron chi connectivity index (χ0n) is 10.4. The Labute approximate surface area is 107 Å². The van der Waals surface area contributed by atoms with Crippen LogP contribution in [0.4, 0.5) is 11.5 Å². The Balaban J connectivity index is 2.05. The van der Waals surface area contributed by atoms with Crippen molar-refractivity contribution in [2.75, 3.05) is 31.3 Å². The molecule has 0 amide bonds. The summed E-state index contributed by atoms with van der Waals surface area (Å²) in [5.41, 5.74) is 8.61. The van der Waals surface area contributed by atoms with Gasteiger partial charge in [-0.25, -0.2) is 4.98 Å². The summed E-state index contributed by atoms with van der Waals surface area (Å²) in [6.45, 7) is 1.42. The average molecular weight is 243 g/mol. The van der Waals surface area contributed by atoms with Crippen molar-refractivity contribution >= 4 is 11.5 Å². The van der Waals surface area contributed by atoms with Crippen molar-refractivity contribution in [3.8, 4) is 11.1 Å². The Morgan fingerprint density at radius 1 is 1.11 bits per heavy atom. The molecule has 4 heteroatoms. The fourth-order valence-corrected chi connectivity index (χ4v) is 1.63. The van der Waals surface area contributed by atoms with Crippen molar-refractivity contribution in [1.29, 1.82) is 0 Å². The van der Waals surface area contributed by atoms with E-state index in [4.69, 9.17) is 10.5 Å². The number of methoxy groups -OCH3 is 1. The highest BCUT2D eigenvalue weighted by atomic mass is 16.5. The van der Waals surface area contributed by atoms with Gasteiger partial charge in [0.05, 0.1) is 6.61 Å². The predicted molar refractivity (Wildman–Crippen MR) is 74.5 cm³/mol. The van der Waals surface area contributed by atoms with Crippen LogP contribution in [0.5, 0.6) is 0 Å². The minimum atomic E-state index is 0.668. The molecule has 0 saturated heterocycles. The highest BCUT2D eigenvalue weighted by Gasteiger charge is 1.98. The topological polar surface area (TPSA) is 60.2 Å². The van der Waals surface area contributed by atoms with Crippen molar-refractivity contribution in [3.63, 3.8) is 0 Å². The number of anilines is 2. The van der Waals surface area contributed by atoms with Gasteiger partial charge >= 0.3 is 0 Å². The molecule has 1 aromatic heterocycles. The second-order valence-corrected chi connectivity index (χ2v) is 3.97. The summed E-state index contributed by atoms with van der Waals surface area (Å²) in [4.78, 5) is 4.35. The van der Waals surface area contributed by atoms with Gasteiger partial charge in [-0.3, -0.25) is 0 Å². The van der Waals surface area contributed by atoms with E-state index < -0.39 is 0 Å². The van der Waals surface area contributed by atoms with Crippen molar-refractivity contribution in [2.24, 2.45) is 0 Å². The van der Waals surface area contributed by atoms with E-state index in [1.54, 1.807) is 7.11 Å². The van der Waals surface area contributed by atoms with E-state index in [-0.39, 0.29) is 0 Å². The Morgan fingerprint density at radius 3 is 2.44 bits per heavy atom. The second-order valence-electron chi connectivity index (χ2n) is 3.97. The van der Waals surface area contributed by atoms with Crippen LogP contribution in [0.2, 0.25) is 0 Å². The Morgan fingerprint density at radius 2 is 1.83 bits per heavy atom. The van der Waals surface area contributed by atoms with Gasteiger partial charge in [0.2, 0.25) is 0 Å². The monoisotopic (exact) mass is 243 g/mol. The lowest BCUT2D eigenvalue weighted by Crippen LogP contribution is -2.08. The molecule has 0 unspecified atom stereocenters. The van der Waals surface area contributed by atoms with Crippen LogP contribution >= 0.6 is 0 Å². The molecule has 4 nitrogen and oxygen atoms in total. The van der Waals surface area contributed by atoms with Crippen LogP contribution in [0.25, 0.3) is 11.1 Å². The zero-order chi connectivity index (χ0) is 12.8. The maximum absolute atomic E-state index is 5.66. The molecule has 2 aromatic rings. The summed E-state index contributed by atoms with van der Waals surface area (Å²) in [6.07, 6.45) is 1.85. The molecule has 0 fully saturated rings. The lowest BCUT2D eigenvalue weighted by atomic mass is 10.1. The largest absolute Gasteiger partial charge is 0.399 e. The van der Waals surface area contributed by atoms with Crippen LogP contribution in [0.3, 0.4) is 0 Å². The number of hydrogen-bond acceptors (Lipinski definition) is 4. The smallest absolute Gasteiger partial charge is 0.125 e. The fraction of sp³-hybridized carbons (Fsp3) is 0.214. The van der Waals surface area contributed by atoms with Crippen LogP contribution in [0, 0.1) is 0 Å². The van der Waals surface area contributed by atoms with Crippen LogP contribution in [0.15, 0.2) is 42.6 Å². The van der Waals surface area contributed by atoms with Gasteiger partial charge in [0.25, 0.3) is 0 Å². The van der Waals surface area contributed by atoms with Gasteiger partial charge in [-0.1, -0.05) is 12.1 Å². The molecule has 0 bridgehead atoms. The first kappa shape index (κ1) is 12.4. The lowest BCUT2D eigenvalue weighted by molar-refractivity contribution is 0.210.